The van der Waals surface area contributed by atoms with Gasteiger partial charge in [0.25, 0.3) is 5.91 Å². The Morgan fingerprint density at radius 2 is 1.73 bits per heavy atom. The zero-order valence-corrected chi connectivity index (χ0v) is 16.3. The molecule has 30 heavy (non-hydrogen) atoms. The summed E-state index contributed by atoms with van der Waals surface area (Å²) < 4.78 is 46.2. The number of halogens is 3. The molecule has 8 heteroatoms. The summed E-state index contributed by atoms with van der Waals surface area (Å²) in [5.41, 5.74) is 0.769. The minimum absolute atomic E-state index is 0.214. The van der Waals surface area contributed by atoms with Gasteiger partial charge < -0.3 is 14.7 Å². The molecular formula is C22H23F3N2O3. The standard InChI is InChI=1S/C22H23F3N2O3/c23-16-3-1-2-14(10-16)21(28)27-8-6-22(29,7-9-27)30-20-5-4-19(26-20)15-11-17(24)13-18(25)12-15/h1-3,10-13,19-20,26,29H,4-9H2/t19-,20+/m0/s1. The molecule has 0 bridgehead atoms. The lowest BCUT2D eigenvalue weighted by Gasteiger charge is -2.39. The third-order valence-corrected chi connectivity index (χ3v) is 5.66. The number of nitrogens with zero attached hydrogens (tertiary/aromatic N) is 1. The number of aliphatic hydroxyl groups is 1. The summed E-state index contributed by atoms with van der Waals surface area (Å²) in [7, 11) is 0. The highest BCUT2D eigenvalue weighted by Gasteiger charge is 2.39. The monoisotopic (exact) mass is 420 g/mol. The summed E-state index contributed by atoms with van der Waals surface area (Å²) in [6.07, 6.45) is 1.17. The number of amides is 1. The second-order valence-electron chi connectivity index (χ2n) is 7.85. The number of hydrogen-bond donors (Lipinski definition) is 2. The predicted molar refractivity (Wildman–Crippen MR) is 103 cm³/mol. The molecule has 2 aliphatic rings. The van der Waals surface area contributed by atoms with E-state index in [1.54, 1.807) is 11.0 Å². The molecule has 0 spiro atoms. The first kappa shape index (κ1) is 20.8. The van der Waals surface area contributed by atoms with E-state index in [1.807, 2.05) is 0 Å². The molecule has 5 nitrogen and oxygen atoms in total. The fraction of sp³-hybridized carbons (Fsp3) is 0.409. The lowest BCUT2D eigenvalue weighted by molar-refractivity contribution is -0.250. The average molecular weight is 420 g/mol. The number of rotatable bonds is 4. The van der Waals surface area contributed by atoms with Crippen LogP contribution >= 0.6 is 0 Å². The van der Waals surface area contributed by atoms with Gasteiger partial charge in [-0.15, -0.1) is 0 Å². The summed E-state index contributed by atoms with van der Waals surface area (Å²) in [5.74, 6) is -3.44. The number of likely N-dealkylation sites (tertiary alicyclic amines) is 1. The molecule has 160 valence electrons. The Kier molecular flexibility index (Phi) is 5.81. The highest BCUT2D eigenvalue weighted by atomic mass is 19.1. The molecule has 2 aliphatic heterocycles. The fourth-order valence-electron chi connectivity index (χ4n) is 4.09. The predicted octanol–water partition coefficient (Wildman–Crippen LogP) is 3.50. The molecule has 4 rings (SSSR count). The maximum Gasteiger partial charge on any atom is 0.253 e. The first-order chi connectivity index (χ1) is 14.3. The molecule has 0 unspecified atom stereocenters. The van der Waals surface area contributed by atoms with E-state index in [-0.39, 0.29) is 43.4 Å². The van der Waals surface area contributed by atoms with E-state index in [0.717, 1.165) is 6.07 Å². The van der Waals surface area contributed by atoms with Crippen LogP contribution in [0.5, 0.6) is 0 Å². The minimum atomic E-state index is -1.40. The van der Waals surface area contributed by atoms with Gasteiger partial charge in [-0.2, -0.15) is 0 Å². The summed E-state index contributed by atoms with van der Waals surface area (Å²) >= 11 is 0. The van der Waals surface area contributed by atoms with Gasteiger partial charge in [-0.25, -0.2) is 13.2 Å². The second kappa shape index (κ2) is 8.37. The maximum atomic E-state index is 13.5. The van der Waals surface area contributed by atoms with Crippen molar-refractivity contribution in [3.8, 4) is 0 Å². The van der Waals surface area contributed by atoms with Crippen LogP contribution in [-0.2, 0) is 4.74 Å². The van der Waals surface area contributed by atoms with E-state index < -0.39 is 29.5 Å². The lowest BCUT2D eigenvalue weighted by Crippen LogP contribution is -2.50. The normalized spacial score (nSPS) is 23.5. The van der Waals surface area contributed by atoms with Gasteiger partial charge in [-0.3, -0.25) is 10.1 Å². The van der Waals surface area contributed by atoms with Crippen molar-refractivity contribution >= 4 is 5.91 Å². The van der Waals surface area contributed by atoms with Gasteiger partial charge in [0.05, 0.1) is 0 Å². The average Bonchev–Trinajstić information content (AvgIpc) is 3.15. The van der Waals surface area contributed by atoms with Gasteiger partial charge in [-0.05, 0) is 48.7 Å². The van der Waals surface area contributed by atoms with Crippen LogP contribution in [0, 0.1) is 17.5 Å². The summed E-state index contributed by atoms with van der Waals surface area (Å²) in [6.45, 7) is 0.550. The molecule has 1 amide bonds. The number of carbonyl (C=O) groups is 1. The first-order valence-electron chi connectivity index (χ1n) is 9.98. The molecule has 0 aliphatic carbocycles. The van der Waals surface area contributed by atoms with Gasteiger partial charge in [0.15, 0.2) is 5.79 Å². The van der Waals surface area contributed by atoms with Crippen molar-refractivity contribution in [1.29, 1.82) is 0 Å². The van der Waals surface area contributed by atoms with Crippen LogP contribution in [-0.4, -0.2) is 41.0 Å². The number of hydrogen-bond acceptors (Lipinski definition) is 4. The molecule has 2 atom stereocenters. The van der Waals surface area contributed by atoms with Gasteiger partial charge >= 0.3 is 0 Å². The first-order valence-corrected chi connectivity index (χ1v) is 9.98. The van der Waals surface area contributed by atoms with E-state index in [4.69, 9.17) is 4.74 Å². The van der Waals surface area contributed by atoms with Crippen molar-refractivity contribution < 1.29 is 27.8 Å². The molecule has 2 aromatic carbocycles. The lowest BCUT2D eigenvalue weighted by atomic mass is 10.0. The smallest absolute Gasteiger partial charge is 0.253 e. The zero-order valence-electron chi connectivity index (χ0n) is 16.3. The van der Waals surface area contributed by atoms with Crippen molar-refractivity contribution in [2.45, 2.75) is 43.7 Å². The van der Waals surface area contributed by atoms with Crippen LogP contribution < -0.4 is 5.32 Å². The number of ether oxygens (including phenoxy) is 1. The number of benzene rings is 2. The molecule has 2 aromatic rings. The molecule has 0 radical (unpaired) electrons. The topological polar surface area (TPSA) is 61.8 Å². The van der Waals surface area contributed by atoms with Crippen molar-refractivity contribution in [3.63, 3.8) is 0 Å². The van der Waals surface area contributed by atoms with Crippen molar-refractivity contribution in [3.05, 3.63) is 71.0 Å². The van der Waals surface area contributed by atoms with Crippen molar-refractivity contribution in [1.82, 2.24) is 10.2 Å². The zero-order chi connectivity index (χ0) is 21.3. The molecule has 2 saturated heterocycles. The van der Waals surface area contributed by atoms with E-state index in [1.165, 1.54) is 30.3 Å². The van der Waals surface area contributed by atoms with Gasteiger partial charge in [-0.1, -0.05) is 6.07 Å². The van der Waals surface area contributed by atoms with Gasteiger partial charge in [0, 0.05) is 43.6 Å². The Morgan fingerprint density at radius 1 is 1.03 bits per heavy atom. The minimum Gasteiger partial charge on any atom is -0.365 e. The molecule has 0 aromatic heterocycles. The molecule has 2 heterocycles. The molecule has 2 fully saturated rings. The second-order valence-corrected chi connectivity index (χ2v) is 7.85. The van der Waals surface area contributed by atoms with Crippen LogP contribution in [0.25, 0.3) is 0 Å². The number of piperidine rings is 1. The molecular weight excluding hydrogens is 397 g/mol. The van der Waals surface area contributed by atoms with Gasteiger partial charge in [0.2, 0.25) is 0 Å². The van der Waals surface area contributed by atoms with Crippen LogP contribution in [0.4, 0.5) is 13.2 Å². The van der Waals surface area contributed by atoms with Crippen molar-refractivity contribution in [2.75, 3.05) is 13.1 Å². The Labute approximate surface area is 172 Å². The summed E-state index contributed by atoms with van der Waals surface area (Å²) in [4.78, 5) is 14.1. The third-order valence-electron chi connectivity index (χ3n) is 5.66. The Hall–Kier alpha value is -2.42. The molecule has 0 saturated carbocycles. The molecule has 2 N–H and O–H groups in total. The summed E-state index contributed by atoms with van der Waals surface area (Å²) in [6, 6.07) is 8.64. The third kappa shape index (κ3) is 4.66. The van der Waals surface area contributed by atoms with E-state index in [9.17, 15) is 23.1 Å². The van der Waals surface area contributed by atoms with Crippen LogP contribution in [0.3, 0.4) is 0 Å². The van der Waals surface area contributed by atoms with Crippen LogP contribution in [0.15, 0.2) is 42.5 Å². The van der Waals surface area contributed by atoms with E-state index in [0.29, 0.717) is 18.4 Å². The van der Waals surface area contributed by atoms with Crippen LogP contribution in [0.1, 0.15) is 47.6 Å². The van der Waals surface area contributed by atoms with E-state index in [2.05, 4.69) is 5.32 Å². The highest BCUT2D eigenvalue weighted by Crippen LogP contribution is 2.32. The maximum absolute atomic E-state index is 13.5. The SMILES string of the molecule is O=C(c1cccc(F)c1)N1CCC(O)(O[C@@H]2CC[C@@H](c3cc(F)cc(F)c3)N2)CC1. The van der Waals surface area contributed by atoms with Crippen LogP contribution in [0.2, 0.25) is 0 Å². The Morgan fingerprint density at radius 3 is 2.40 bits per heavy atom. The quantitative estimate of drug-likeness (QED) is 0.744. The number of nitrogens with one attached hydrogen (secondary N) is 1. The van der Waals surface area contributed by atoms with E-state index >= 15 is 0 Å². The number of carbonyl (C=O) groups excluding carboxylic acids is 1. The Balaban J connectivity index is 1.32. The Bertz CT molecular complexity index is 911. The van der Waals surface area contributed by atoms with Gasteiger partial charge in [0.1, 0.15) is 23.7 Å². The highest BCUT2D eigenvalue weighted by molar-refractivity contribution is 5.94. The largest absolute Gasteiger partial charge is 0.365 e. The summed E-state index contributed by atoms with van der Waals surface area (Å²) in [5, 5.41) is 14.0. The van der Waals surface area contributed by atoms with Crippen molar-refractivity contribution in [2.24, 2.45) is 0 Å². The fourth-order valence-corrected chi connectivity index (χ4v) is 4.09.